The minimum absolute atomic E-state index is 0.0340. The average molecular weight is 272 g/mol. The van der Waals surface area contributed by atoms with Crippen LogP contribution in [0.2, 0.25) is 0 Å². The molecule has 0 bridgehead atoms. The fraction of sp³-hybridized carbons (Fsp3) is 0.833. The predicted molar refractivity (Wildman–Crippen MR) is 70.4 cm³/mol. The van der Waals surface area contributed by atoms with Crippen molar-refractivity contribution in [2.45, 2.75) is 32.2 Å². The van der Waals surface area contributed by atoms with Gasteiger partial charge in [-0.15, -0.1) is 11.8 Å². The topological polar surface area (TPSA) is 69.6 Å². The summed E-state index contributed by atoms with van der Waals surface area (Å²) in [7, 11) is 0. The normalized spacial score (nSPS) is 31.8. The number of carbonyl (C=O) groups is 2. The largest absolute Gasteiger partial charge is 0.480 e. The first-order chi connectivity index (χ1) is 8.60. The molecule has 6 heteroatoms. The summed E-state index contributed by atoms with van der Waals surface area (Å²) >= 11 is 1.53. The van der Waals surface area contributed by atoms with Crippen molar-refractivity contribution in [3.05, 3.63) is 0 Å². The standard InChI is InChI=1S/C12H20N2O3S/c1-2-3-12(4-5-13-7-12)11(17)14-8-18-6-9(14)10(15)16/h9,13H,2-8H2,1H3,(H,15,16). The molecule has 18 heavy (non-hydrogen) atoms. The molecule has 1 amide bonds. The van der Waals surface area contributed by atoms with Crippen LogP contribution in [0.1, 0.15) is 26.2 Å². The van der Waals surface area contributed by atoms with E-state index in [4.69, 9.17) is 5.11 Å². The van der Waals surface area contributed by atoms with Crippen LogP contribution in [0, 0.1) is 5.41 Å². The van der Waals surface area contributed by atoms with Crippen molar-refractivity contribution in [2.75, 3.05) is 24.7 Å². The summed E-state index contributed by atoms with van der Waals surface area (Å²) in [4.78, 5) is 25.4. The minimum atomic E-state index is -0.883. The number of rotatable bonds is 4. The number of carboxylic acid groups (broad SMARTS) is 1. The van der Waals surface area contributed by atoms with Crippen LogP contribution in [-0.4, -0.2) is 52.6 Å². The van der Waals surface area contributed by atoms with Gasteiger partial charge in [-0.05, 0) is 19.4 Å². The second-order valence-corrected chi connectivity index (χ2v) is 6.09. The molecule has 0 aromatic carbocycles. The molecule has 2 fully saturated rings. The molecule has 0 aliphatic carbocycles. The van der Waals surface area contributed by atoms with Crippen LogP contribution in [0.5, 0.6) is 0 Å². The Labute approximate surface area is 111 Å². The van der Waals surface area contributed by atoms with Gasteiger partial charge in [0.25, 0.3) is 0 Å². The van der Waals surface area contributed by atoms with Crippen molar-refractivity contribution in [1.29, 1.82) is 0 Å². The van der Waals surface area contributed by atoms with Crippen LogP contribution in [-0.2, 0) is 9.59 Å². The lowest BCUT2D eigenvalue weighted by Crippen LogP contribution is -2.50. The van der Waals surface area contributed by atoms with E-state index in [9.17, 15) is 9.59 Å². The molecule has 2 rings (SSSR count). The molecular formula is C12H20N2O3S. The monoisotopic (exact) mass is 272 g/mol. The average Bonchev–Trinajstić information content (AvgIpc) is 2.97. The Morgan fingerprint density at radius 3 is 2.89 bits per heavy atom. The van der Waals surface area contributed by atoms with E-state index in [0.717, 1.165) is 25.8 Å². The highest BCUT2D eigenvalue weighted by Gasteiger charge is 2.47. The molecule has 0 radical (unpaired) electrons. The van der Waals surface area contributed by atoms with Gasteiger partial charge in [-0.25, -0.2) is 4.79 Å². The predicted octanol–water partition coefficient (Wildman–Crippen LogP) is 0.752. The Kier molecular flexibility index (Phi) is 4.17. The molecule has 0 aromatic rings. The van der Waals surface area contributed by atoms with Crippen molar-refractivity contribution in [3.63, 3.8) is 0 Å². The quantitative estimate of drug-likeness (QED) is 0.790. The lowest BCUT2D eigenvalue weighted by atomic mass is 9.81. The maximum absolute atomic E-state index is 12.7. The fourth-order valence-corrected chi connectivity index (χ4v) is 4.02. The van der Waals surface area contributed by atoms with Gasteiger partial charge in [-0.1, -0.05) is 13.3 Å². The van der Waals surface area contributed by atoms with Crippen LogP contribution in [0.25, 0.3) is 0 Å². The summed E-state index contributed by atoms with van der Waals surface area (Å²) in [6, 6.07) is -0.642. The smallest absolute Gasteiger partial charge is 0.327 e. The van der Waals surface area contributed by atoms with Crippen molar-refractivity contribution in [1.82, 2.24) is 10.2 Å². The fourth-order valence-electron chi connectivity index (χ4n) is 2.88. The molecule has 2 saturated heterocycles. The van der Waals surface area contributed by atoms with E-state index in [1.54, 1.807) is 4.90 Å². The van der Waals surface area contributed by atoms with Crippen LogP contribution >= 0.6 is 11.8 Å². The van der Waals surface area contributed by atoms with Crippen LogP contribution in [0.3, 0.4) is 0 Å². The van der Waals surface area contributed by atoms with Gasteiger partial charge in [0.05, 0.1) is 11.3 Å². The Hall–Kier alpha value is -0.750. The van der Waals surface area contributed by atoms with Crippen LogP contribution < -0.4 is 5.32 Å². The number of nitrogens with one attached hydrogen (secondary N) is 1. The first-order valence-electron chi connectivity index (χ1n) is 6.43. The molecule has 0 saturated carbocycles. The third-order valence-electron chi connectivity index (χ3n) is 3.85. The lowest BCUT2D eigenvalue weighted by molar-refractivity contribution is -0.152. The van der Waals surface area contributed by atoms with Gasteiger partial charge >= 0.3 is 5.97 Å². The number of hydrogen-bond acceptors (Lipinski definition) is 4. The molecule has 2 unspecified atom stereocenters. The third-order valence-corrected chi connectivity index (χ3v) is 4.87. The molecule has 2 N–H and O–H groups in total. The summed E-state index contributed by atoms with van der Waals surface area (Å²) < 4.78 is 0. The van der Waals surface area contributed by atoms with Gasteiger partial charge in [0.2, 0.25) is 5.91 Å². The van der Waals surface area contributed by atoms with Gasteiger partial charge in [0, 0.05) is 12.3 Å². The molecule has 2 atom stereocenters. The van der Waals surface area contributed by atoms with Crippen molar-refractivity contribution >= 4 is 23.6 Å². The molecule has 2 heterocycles. The van der Waals surface area contributed by atoms with E-state index < -0.39 is 12.0 Å². The van der Waals surface area contributed by atoms with Crippen molar-refractivity contribution < 1.29 is 14.7 Å². The van der Waals surface area contributed by atoms with E-state index in [2.05, 4.69) is 12.2 Å². The lowest BCUT2D eigenvalue weighted by Gasteiger charge is -2.33. The van der Waals surface area contributed by atoms with Gasteiger partial charge in [0.1, 0.15) is 6.04 Å². The molecular weight excluding hydrogens is 252 g/mol. The number of nitrogens with zero attached hydrogens (tertiary/aromatic N) is 1. The summed E-state index contributed by atoms with van der Waals surface area (Å²) in [6.07, 6.45) is 2.62. The number of amides is 1. The Morgan fingerprint density at radius 1 is 1.56 bits per heavy atom. The van der Waals surface area contributed by atoms with E-state index in [-0.39, 0.29) is 11.3 Å². The summed E-state index contributed by atoms with van der Waals surface area (Å²) in [5.74, 6) is 0.176. The van der Waals surface area contributed by atoms with E-state index in [1.807, 2.05) is 0 Å². The molecule has 0 aromatic heterocycles. The number of thioether (sulfide) groups is 1. The first kappa shape index (κ1) is 13.7. The molecule has 102 valence electrons. The zero-order valence-corrected chi connectivity index (χ0v) is 11.5. The van der Waals surface area contributed by atoms with Crippen molar-refractivity contribution in [2.24, 2.45) is 5.41 Å². The highest BCUT2D eigenvalue weighted by molar-refractivity contribution is 7.99. The summed E-state index contributed by atoms with van der Waals surface area (Å²) in [5.41, 5.74) is -0.368. The summed E-state index contributed by atoms with van der Waals surface area (Å²) in [5, 5.41) is 12.4. The Bertz CT molecular complexity index is 342. The maximum Gasteiger partial charge on any atom is 0.327 e. The van der Waals surface area contributed by atoms with E-state index in [0.29, 0.717) is 18.2 Å². The SMILES string of the molecule is CCCC1(C(=O)N2CSCC2C(=O)O)CCNC1. The highest BCUT2D eigenvalue weighted by atomic mass is 32.2. The van der Waals surface area contributed by atoms with Gasteiger partial charge in [-0.2, -0.15) is 0 Å². The van der Waals surface area contributed by atoms with E-state index in [1.165, 1.54) is 11.8 Å². The van der Waals surface area contributed by atoms with Crippen molar-refractivity contribution in [3.8, 4) is 0 Å². The van der Waals surface area contributed by atoms with Gasteiger partial charge < -0.3 is 15.3 Å². The van der Waals surface area contributed by atoms with Crippen LogP contribution in [0.15, 0.2) is 0 Å². The second-order valence-electron chi connectivity index (χ2n) is 5.09. The Morgan fingerprint density at radius 2 is 2.33 bits per heavy atom. The highest BCUT2D eigenvalue weighted by Crippen LogP contribution is 2.36. The molecule has 0 spiro atoms. The number of aliphatic carboxylic acids is 1. The summed E-state index contributed by atoms with van der Waals surface area (Å²) in [6.45, 7) is 3.61. The molecule has 5 nitrogen and oxygen atoms in total. The minimum Gasteiger partial charge on any atom is -0.480 e. The van der Waals surface area contributed by atoms with Crippen LogP contribution in [0.4, 0.5) is 0 Å². The first-order valence-corrected chi connectivity index (χ1v) is 7.58. The number of carboxylic acids is 1. The van der Waals surface area contributed by atoms with Gasteiger partial charge in [0.15, 0.2) is 0 Å². The zero-order valence-electron chi connectivity index (χ0n) is 10.6. The maximum atomic E-state index is 12.7. The molecule has 2 aliphatic heterocycles. The molecule has 2 aliphatic rings. The van der Waals surface area contributed by atoms with Gasteiger partial charge in [-0.3, -0.25) is 4.79 Å². The zero-order chi connectivity index (χ0) is 13.2. The third kappa shape index (κ3) is 2.36. The second kappa shape index (κ2) is 5.48. The van der Waals surface area contributed by atoms with E-state index >= 15 is 0 Å². The number of carbonyl (C=O) groups excluding carboxylic acids is 1. The Balaban J connectivity index is 2.15. The number of hydrogen-bond donors (Lipinski definition) is 2.